The zero-order chi connectivity index (χ0) is 11.3. The smallest absolute Gasteiger partial charge is 0.0763 e. The van der Waals surface area contributed by atoms with Gasteiger partial charge < -0.3 is 5.11 Å². The second-order valence-electron chi connectivity index (χ2n) is 3.60. The van der Waals surface area contributed by atoms with Gasteiger partial charge in [-0.15, -0.1) is 11.8 Å². The molecule has 0 fully saturated rings. The fourth-order valence-electron chi connectivity index (χ4n) is 1.21. The van der Waals surface area contributed by atoms with E-state index in [0.717, 1.165) is 0 Å². The summed E-state index contributed by atoms with van der Waals surface area (Å²) >= 11 is 1.61. The number of benzene rings is 1. The van der Waals surface area contributed by atoms with Gasteiger partial charge in [0.25, 0.3) is 0 Å². The predicted octanol–water partition coefficient (Wildman–Crippen LogP) is 2.67. The molecular formula is C12H15NOS. The van der Waals surface area contributed by atoms with E-state index in [1.165, 1.54) is 16.0 Å². The molecule has 2 nitrogen and oxygen atoms in total. The molecule has 15 heavy (non-hydrogen) atoms. The first-order valence-electron chi connectivity index (χ1n) is 4.88. The Labute approximate surface area is 94.9 Å². The lowest BCUT2D eigenvalue weighted by Crippen LogP contribution is -2.08. The molecule has 1 rings (SSSR count). The van der Waals surface area contributed by atoms with Crippen molar-refractivity contribution in [2.45, 2.75) is 31.3 Å². The van der Waals surface area contributed by atoms with Gasteiger partial charge in [0.05, 0.1) is 18.6 Å². The van der Waals surface area contributed by atoms with E-state index in [-0.39, 0.29) is 6.42 Å². The van der Waals surface area contributed by atoms with E-state index in [9.17, 15) is 5.11 Å². The van der Waals surface area contributed by atoms with Gasteiger partial charge in [-0.2, -0.15) is 5.26 Å². The van der Waals surface area contributed by atoms with Crippen molar-refractivity contribution in [2.75, 3.05) is 5.75 Å². The molecule has 0 saturated carbocycles. The molecule has 80 valence electrons. The summed E-state index contributed by atoms with van der Waals surface area (Å²) < 4.78 is 0. The van der Waals surface area contributed by atoms with E-state index in [4.69, 9.17) is 5.26 Å². The number of aryl methyl sites for hydroxylation is 2. The Kier molecular flexibility index (Phi) is 4.67. The number of thioether (sulfide) groups is 1. The minimum atomic E-state index is -0.528. The zero-order valence-corrected chi connectivity index (χ0v) is 9.84. The standard InChI is InChI=1S/C12H15NOS/c1-9-3-4-10(2)12(7-9)15-8-11(14)5-6-13/h3-4,7,11,14H,5,8H2,1-2H3. The molecule has 1 aromatic rings. The van der Waals surface area contributed by atoms with E-state index in [2.05, 4.69) is 32.0 Å². The van der Waals surface area contributed by atoms with Gasteiger partial charge in [0.1, 0.15) is 0 Å². The maximum atomic E-state index is 9.43. The summed E-state index contributed by atoms with van der Waals surface area (Å²) in [5, 5.41) is 17.8. The Balaban J connectivity index is 2.57. The van der Waals surface area contributed by atoms with E-state index in [0.29, 0.717) is 5.75 Å². The van der Waals surface area contributed by atoms with Crippen LogP contribution in [0.1, 0.15) is 17.5 Å². The van der Waals surface area contributed by atoms with E-state index >= 15 is 0 Å². The van der Waals surface area contributed by atoms with Crippen LogP contribution in [0, 0.1) is 25.2 Å². The van der Waals surface area contributed by atoms with Crippen LogP contribution in [0.25, 0.3) is 0 Å². The van der Waals surface area contributed by atoms with Crippen molar-refractivity contribution in [3.05, 3.63) is 29.3 Å². The van der Waals surface area contributed by atoms with Gasteiger partial charge in [0.2, 0.25) is 0 Å². The Morgan fingerprint density at radius 1 is 1.47 bits per heavy atom. The lowest BCUT2D eigenvalue weighted by Gasteiger charge is -2.09. The minimum absolute atomic E-state index is 0.206. The van der Waals surface area contributed by atoms with Crippen molar-refractivity contribution in [3.63, 3.8) is 0 Å². The van der Waals surface area contributed by atoms with Crippen LogP contribution in [0.2, 0.25) is 0 Å². The highest BCUT2D eigenvalue weighted by molar-refractivity contribution is 7.99. The van der Waals surface area contributed by atoms with Crippen LogP contribution in [0.4, 0.5) is 0 Å². The van der Waals surface area contributed by atoms with Crippen molar-refractivity contribution >= 4 is 11.8 Å². The first-order chi connectivity index (χ1) is 7.13. The second-order valence-corrected chi connectivity index (χ2v) is 4.66. The minimum Gasteiger partial charge on any atom is -0.391 e. The second kappa shape index (κ2) is 5.79. The maximum Gasteiger partial charge on any atom is 0.0763 e. The van der Waals surface area contributed by atoms with Crippen LogP contribution in [-0.2, 0) is 0 Å². The van der Waals surface area contributed by atoms with Gasteiger partial charge in [0.15, 0.2) is 0 Å². The summed E-state index contributed by atoms with van der Waals surface area (Å²) in [6.45, 7) is 4.10. The number of aliphatic hydroxyl groups is 1. The summed E-state index contributed by atoms with van der Waals surface area (Å²) in [5.41, 5.74) is 2.44. The third kappa shape index (κ3) is 3.94. The number of hydrogen-bond acceptors (Lipinski definition) is 3. The molecule has 1 atom stereocenters. The molecule has 0 saturated heterocycles. The molecule has 0 amide bonds. The van der Waals surface area contributed by atoms with Crippen LogP contribution < -0.4 is 0 Å². The zero-order valence-electron chi connectivity index (χ0n) is 9.03. The van der Waals surface area contributed by atoms with Gasteiger partial charge in [-0.25, -0.2) is 0 Å². The fourth-order valence-corrected chi connectivity index (χ4v) is 2.27. The highest BCUT2D eigenvalue weighted by atomic mass is 32.2. The molecule has 0 aliphatic carbocycles. The summed E-state index contributed by atoms with van der Waals surface area (Å²) in [6.07, 6.45) is -0.322. The summed E-state index contributed by atoms with van der Waals surface area (Å²) in [6, 6.07) is 8.23. The summed E-state index contributed by atoms with van der Waals surface area (Å²) in [5.74, 6) is 0.581. The Morgan fingerprint density at radius 3 is 2.87 bits per heavy atom. The van der Waals surface area contributed by atoms with Gasteiger partial charge in [0, 0.05) is 10.6 Å². The molecule has 0 heterocycles. The molecule has 0 aliphatic rings. The number of rotatable bonds is 4. The average Bonchev–Trinajstić information content (AvgIpc) is 2.20. The molecule has 0 aromatic heterocycles. The van der Waals surface area contributed by atoms with Crippen LogP contribution in [0.15, 0.2) is 23.1 Å². The summed E-state index contributed by atoms with van der Waals surface area (Å²) in [7, 11) is 0. The molecule has 0 bridgehead atoms. The SMILES string of the molecule is Cc1ccc(C)c(SCC(O)CC#N)c1. The predicted molar refractivity (Wildman–Crippen MR) is 62.9 cm³/mol. The number of nitriles is 1. The van der Waals surface area contributed by atoms with Gasteiger partial charge in [-0.05, 0) is 25.5 Å². The number of nitrogens with zero attached hydrogens (tertiary/aromatic N) is 1. The topological polar surface area (TPSA) is 44.0 Å². The molecule has 1 aromatic carbocycles. The van der Waals surface area contributed by atoms with Crippen LogP contribution >= 0.6 is 11.8 Å². The first kappa shape index (κ1) is 12.1. The van der Waals surface area contributed by atoms with Crippen LogP contribution in [0.5, 0.6) is 0 Å². The highest BCUT2D eigenvalue weighted by Crippen LogP contribution is 2.24. The molecule has 0 aliphatic heterocycles. The van der Waals surface area contributed by atoms with E-state index < -0.39 is 6.10 Å². The Bertz CT molecular complexity index is 370. The van der Waals surface area contributed by atoms with Crippen LogP contribution in [0.3, 0.4) is 0 Å². The normalized spacial score (nSPS) is 12.1. The third-order valence-corrected chi connectivity index (χ3v) is 3.40. The average molecular weight is 221 g/mol. The molecule has 1 N–H and O–H groups in total. The third-order valence-electron chi connectivity index (χ3n) is 2.10. The Hall–Kier alpha value is -0.980. The largest absolute Gasteiger partial charge is 0.391 e. The maximum absolute atomic E-state index is 9.43. The van der Waals surface area contributed by atoms with Gasteiger partial charge >= 0.3 is 0 Å². The van der Waals surface area contributed by atoms with Crippen molar-refractivity contribution in [2.24, 2.45) is 0 Å². The first-order valence-corrected chi connectivity index (χ1v) is 5.87. The Morgan fingerprint density at radius 2 is 2.20 bits per heavy atom. The van der Waals surface area contributed by atoms with Gasteiger partial charge in [-0.3, -0.25) is 0 Å². The van der Waals surface area contributed by atoms with Crippen molar-refractivity contribution in [1.29, 1.82) is 5.26 Å². The van der Waals surface area contributed by atoms with Crippen LogP contribution in [-0.4, -0.2) is 17.0 Å². The molecule has 0 radical (unpaired) electrons. The summed E-state index contributed by atoms with van der Waals surface area (Å²) in [4.78, 5) is 1.19. The quantitative estimate of drug-likeness (QED) is 0.795. The number of hydrogen-bond donors (Lipinski definition) is 1. The molecular weight excluding hydrogens is 206 g/mol. The van der Waals surface area contributed by atoms with Crippen molar-refractivity contribution in [1.82, 2.24) is 0 Å². The van der Waals surface area contributed by atoms with Crippen molar-refractivity contribution < 1.29 is 5.11 Å². The van der Waals surface area contributed by atoms with Gasteiger partial charge in [-0.1, -0.05) is 17.7 Å². The lowest BCUT2D eigenvalue weighted by molar-refractivity contribution is 0.205. The highest BCUT2D eigenvalue weighted by Gasteiger charge is 2.05. The molecule has 0 spiro atoms. The number of aliphatic hydroxyl groups excluding tert-OH is 1. The van der Waals surface area contributed by atoms with E-state index in [1.807, 2.05) is 6.07 Å². The monoisotopic (exact) mass is 221 g/mol. The molecule has 1 unspecified atom stereocenters. The van der Waals surface area contributed by atoms with Crippen molar-refractivity contribution in [3.8, 4) is 6.07 Å². The lowest BCUT2D eigenvalue weighted by atomic mass is 10.2. The fraction of sp³-hybridized carbons (Fsp3) is 0.417. The molecule has 3 heteroatoms. The van der Waals surface area contributed by atoms with E-state index in [1.54, 1.807) is 11.8 Å².